The lowest BCUT2D eigenvalue weighted by Gasteiger charge is -2.11. The number of fused-ring (bicyclic) bond motifs is 1. The number of benzene rings is 1. The third-order valence-electron chi connectivity index (χ3n) is 2.64. The largest absolute Gasteiger partial charge is 0.496 e. The molecular formula is C12H17NO3. The Bertz CT molecular complexity index is 377. The fourth-order valence-corrected chi connectivity index (χ4v) is 1.73. The van der Waals surface area contributed by atoms with Crippen LogP contribution >= 0.6 is 0 Å². The topological polar surface area (TPSA) is 53.7 Å². The Hall–Kier alpha value is -1.42. The predicted molar refractivity (Wildman–Crippen MR) is 61.1 cm³/mol. The molecule has 16 heavy (non-hydrogen) atoms. The zero-order chi connectivity index (χ0) is 11.5. The second-order valence-corrected chi connectivity index (χ2v) is 4.03. The molecule has 0 saturated carbocycles. The van der Waals surface area contributed by atoms with Crippen LogP contribution in [0.4, 0.5) is 0 Å². The summed E-state index contributed by atoms with van der Waals surface area (Å²) in [7, 11) is 1.66. The van der Waals surface area contributed by atoms with Gasteiger partial charge >= 0.3 is 0 Å². The van der Waals surface area contributed by atoms with Crippen molar-refractivity contribution >= 4 is 0 Å². The first kappa shape index (κ1) is 11.1. The van der Waals surface area contributed by atoms with Gasteiger partial charge in [-0.3, -0.25) is 0 Å². The van der Waals surface area contributed by atoms with Gasteiger partial charge < -0.3 is 19.9 Å². The monoisotopic (exact) mass is 223 g/mol. The van der Waals surface area contributed by atoms with E-state index in [2.05, 4.69) is 0 Å². The van der Waals surface area contributed by atoms with E-state index in [4.69, 9.17) is 19.9 Å². The van der Waals surface area contributed by atoms with E-state index in [0.29, 0.717) is 0 Å². The van der Waals surface area contributed by atoms with Crippen LogP contribution in [0.1, 0.15) is 18.9 Å². The van der Waals surface area contributed by atoms with Crippen LogP contribution in [0, 0.1) is 0 Å². The lowest BCUT2D eigenvalue weighted by atomic mass is 10.0. The van der Waals surface area contributed by atoms with E-state index in [1.54, 1.807) is 7.11 Å². The van der Waals surface area contributed by atoms with E-state index in [9.17, 15) is 0 Å². The van der Waals surface area contributed by atoms with Gasteiger partial charge in [0.15, 0.2) is 11.5 Å². The average molecular weight is 223 g/mol. The Labute approximate surface area is 95.3 Å². The van der Waals surface area contributed by atoms with Crippen molar-refractivity contribution in [1.29, 1.82) is 0 Å². The number of nitrogens with two attached hydrogens (primary N) is 1. The maximum absolute atomic E-state index is 5.75. The summed E-state index contributed by atoms with van der Waals surface area (Å²) >= 11 is 0. The van der Waals surface area contributed by atoms with E-state index < -0.39 is 0 Å². The number of hydrogen-bond donors (Lipinski definition) is 1. The molecule has 4 heteroatoms. The van der Waals surface area contributed by atoms with Crippen LogP contribution in [0.2, 0.25) is 0 Å². The summed E-state index contributed by atoms with van der Waals surface area (Å²) in [4.78, 5) is 0. The highest BCUT2D eigenvalue weighted by Crippen LogP contribution is 2.38. The van der Waals surface area contributed by atoms with Gasteiger partial charge in [0.1, 0.15) is 5.75 Å². The van der Waals surface area contributed by atoms with Gasteiger partial charge in [-0.1, -0.05) is 0 Å². The predicted octanol–water partition coefficient (Wildman–Crippen LogP) is 1.70. The van der Waals surface area contributed by atoms with Gasteiger partial charge in [0.2, 0.25) is 6.79 Å². The van der Waals surface area contributed by atoms with Crippen LogP contribution in [0.5, 0.6) is 17.2 Å². The molecule has 0 radical (unpaired) electrons. The van der Waals surface area contributed by atoms with Gasteiger partial charge in [0, 0.05) is 12.1 Å². The fourth-order valence-electron chi connectivity index (χ4n) is 1.73. The second kappa shape index (κ2) is 4.61. The number of methoxy groups -OCH3 is 1. The fraction of sp³-hybridized carbons (Fsp3) is 0.500. The third-order valence-corrected chi connectivity index (χ3v) is 2.64. The summed E-state index contributed by atoms with van der Waals surface area (Å²) in [5, 5.41) is 0. The second-order valence-electron chi connectivity index (χ2n) is 4.03. The minimum Gasteiger partial charge on any atom is -0.496 e. The number of hydrogen-bond acceptors (Lipinski definition) is 4. The van der Waals surface area contributed by atoms with Gasteiger partial charge in [-0.05, 0) is 31.4 Å². The van der Waals surface area contributed by atoms with Crippen LogP contribution < -0.4 is 19.9 Å². The van der Waals surface area contributed by atoms with Crippen molar-refractivity contribution in [3.63, 3.8) is 0 Å². The van der Waals surface area contributed by atoms with Crippen LogP contribution in [0.3, 0.4) is 0 Å². The molecule has 0 bridgehead atoms. The Morgan fingerprint density at radius 1 is 1.38 bits per heavy atom. The first-order valence-electron chi connectivity index (χ1n) is 5.43. The summed E-state index contributed by atoms with van der Waals surface area (Å²) in [6.07, 6.45) is 1.81. The molecule has 0 amide bonds. The molecule has 0 saturated heterocycles. The molecule has 1 aliphatic rings. The van der Waals surface area contributed by atoms with E-state index in [0.717, 1.165) is 35.7 Å². The van der Waals surface area contributed by atoms with Gasteiger partial charge in [-0.25, -0.2) is 0 Å². The molecule has 1 aromatic carbocycles. The Morgan fingerprint density at radius 2 is 2.06 bits per heavy atom. The van der Waals surface area contributed by atoms with Crippen molar-refractivity contribution in [2.75, 3.05) is 13.9 Å². The van der Waals surface area contributed by atoms with Crippen molar-refractivity contribution in [3.8, 4) is 17.2 Å². The summed E-state index contributed by atoms with van der Waals surface area (Å²) in [6.45, 7) is 2.29. The standard InChI is InChI=1S/C12H17NO3/c1-8(13)3-4-9-5-11-12(16-7-15-11)6-10(9)14-2/h5-6,8H,3-4,7,13H2,1-2H3. The van der Waals surface area contributed by atoms with Gasteiger partial charge in [-0.2, -0.15) is 0 Å². The van der Waals surface area contributed by atoms with Crippen LogP contribution in [0.25, 0.3) is 0 Å². The maximum Gasteiger partial charge on any atom is 0.231 e. The smallest absolute Gasteiger partial charge is 0.231 e. The first-order valence-corrected chi connectivity index (χ1v) is 5.43. The van der Waals surface area contributed by atoms with Crippen molar-refractivity contribution in [2.45, 2.75) is 25.8 Å². The zero-order valence-corrected chi connectivity index (χ0v) is 9.66. The molecule has 1 aliphatic heterocycles. The summed E-state index contributed by atoms with van der Waals surface area (Å²) < 4.78 is 16.0. The molecule has 2 N–H and O–H groups in total. The zero-order valence-electron chi connectivity index (χ0n) is 9.66. The number of rotatable bonds is 4. The number of ether oxygens (including phenoxy) is 3. The molecule has 0 fully saturated rings. The van der Waals surface area contributed by atoms with Crippen LogP contribution in [-0.4, -0.2) is 19.9 Å². The summed E-state index contributed by atoms with van der Waals surface area (Å²) in [5.41, 5.74) is 6.86. The molecule has 4 nitrogen and oxygen atoms in total. The number of aryl methyl sites for hydroxylation is 1. The van der Waals surface area contributed by atoms with Crippen molar-refractivity contribution in [1.82, 2.24) is 0 Å². The lowest BCUT2D eigenvalue weighted by Crippen LogP contribution is -2.15. The van der Waals surface area contributed by atoms with Gasteiger partial charge in [0.25, 0.3) is 0 Å². The van der Waals surface area contributed by atoms with E-state index in [1.165, 1.54) is 0 Å². The SMILES string of the molecule is COc1cc2c(cc1CCC(C)N)OCO2. The molecule has 1 unspecified atom stereocenters. The third kappa shape index (κ3) is 2.22. The highest BCUT2D eigenvalue weighted by molar-refractivity contribution is 5.51. The maximum atomic E-state index is 5.75. The molecular weight excluding hydrogens is 206 g/mol. The molecule has 0 aliphatic carbocycles. The normalized spacial score (nSPS) is 14.9. The van der Waals surface area contributed by atoms with Gasteiger partial charge in [-0.15, -0.1) is 0 Å². The lowest BCUT2D eigenvalue weighted by molar-refractivity contribution is 0.174. The molecule has 2 rings (SSSR count). The molecule has 0 spiro atoms. The van der Waals surface area contributed by atoms with Crippen molar-refractivity contribution < 1.29 is 14.2 Å². The Kier molecular flexibility index (Phi) is 3.19. The highest BCUT2D eigenvalue weighted by Gasteiger charge is 2.17. The van der Waals surface area contributed by atoms with Gasteiger partial charge in [0.05, 0.1) is 7.11 Å². The molecule has 0 aromatic heterocycles. The quantitative estimate of drug-likeness (QED) is 0.844. The molecule has 1 atom stereocenters. The van der Waals surface area contributed by atoms with E-state index in [-0.39, 0.29) is 12.8 Å². The molecule has 88 valence electrons. The first-order chi connectivity index (χ1) is 7.70. The minimum absolute atomic E-state index is 0.190. The van der Waals surface area contributed by atoms with E-state index >= 15 is 0 Å². The Balaban J connectivity index is 2.22. The molecule has 1 aromatic rings. The minimum atomic E-state index is 0.190. The average Bonchev–Trinajstić information content (AvgIpc) is 2.71. The summed E-state index contributed by atoms with van der Waals surface area (Å²) in [6, 6.07) is 4.04. The summed E-state index contributed by atoms with van der Waals surface area (Å²) in [5.74, 6) is 2.38. The van der Waals surface area contributed by atoms with Crippen molar-refractivity contribution in [2.24, 2.45) is 5.73 Å². The van der Waals surface area contributed by atoms with Crippen LogP contribution in [0.15, 0.2) is 12.1 Å². The Morgan fingerprint density at radius 3 is 2.69 bits per heavy atom. The van der Waals surface area contributed by atoms with Crippen molar-refractivity contribution in [3.05, 3.63) is 17.7 Å². The van der Waals surface area contributed by atoms with Crippen LogP contribution in [-0.2, 0) is 6.42 Å². The van der Waals surface area contributed by atoms with E-state index in [1.807, 2.05) is 19.1 Å². The molecule has 1 heterocycles. The highest BCUT2D eigenvalue weighted by atomic mass is 16.7.